The fourth-order valence-electron chi connectivity index (χ4n) is 2.42. The average Bonchev–Trinajstić information content (AvgIpc) is 2.34. The van der Waals surface area contributed by atoms with Crippen LogP contribution < -0.4 is 0 Å². The van der Waals surface area contributed by atoms with E-state index in [4.69, 9.17) is 0 Å². The molecular formula is C16H22OS. The van der Waals surface area contributed by atoms with Gasteiger partial charge in [0, 0.05) is 11.3 Å². The Kier molecular flexibility index (Phi) is 4.87. The van der Waals surface area contributed by atoms with Gasteiger partial charge in [0.2, 0.25) is 0 Å². The van der Waals surface area contributed by atoms with Crippen LogP contribution in [0.3, 0.4) is 0 Å². The van der Waals surface area contributed by atoms with Crippen LogP contribution in [0.4, 0.5) is 0 Å². The van der Waals surface area contributed by atoms with Crippen molar-refractivity contribution in [3.05, 3.63) is 29.8 Å². The molecule has 0 radical (unpaired) electrons. The van der Waals surface area contributed by atoms with Crippen molar-refractivity contribution >= 4 is 17.5 Å². The van der Waals surface area contributed by atoms with Crippen LogP contribution in [-0.4, -0.2) is 11.0 Å². The summed E-state index contributed by atoms with van der Waals surface area (Å²) in [5.41, 5.74) is 1.39. The summed E-state index contributed by atoms with van der Waals surface area (Å²) in [6.07, 6.45) is 5.26. The maximum atomic E-state index is 11.8. The summed E-state index contributed by atoms with van der Waals surface area (Å²) >= 11 is 1.75. The van der Waals surface area contributed by atoms with Gasteiger partial charge in [0.1, 0.15) is 5.78 Å². The molecule has 0 spiro atoms. The molecule has 2 heteroatoms. The molecule has 1 aliphatic carbocycles. The molecule has 1 aliphatic rings. The molecule has 0 amide bonds. The normalized spacial score (nSPS) is 20.4. The van der Waals surface area contributed by atoms with Gasteiger partial charge in [-0.2, -0.15) is 0 Å². The summed E-state index contributed by atoms with van der Waals surface area (Å²) in [7, 11) is 0. The van der Waals surface area contributed by atoms with E-state index >= 15 is 0 Å². The van der Waals surface area contributed by atoms with Crippen molar-refractivity contribution in [2.24, 2.45) is 5.92 Å². The van der Waals surface area contributed by atoms with Crippen molar-refractivity contribution in [2.45, 2.75) is 56.1 Å². The third-order valence-corrected chi connectivity index (χ3v) is 4.67. The number of carbonyl (C=O) groups excluding carboxylic acids is 1. The van der Waals surface area contributed by atoms with E-state index in [0.717, 1.165) is 25.7 Å². The van der Waals surface area contributed by atoms with Crippen LogP contribution in [0.25, 0.3) is 0 Å². The Labute approximate surface area is 114 Å². The maximum absolute atomic E-state index is 11.8. The first kappa shape index (κ1) is 13.7. The van der Waals surface area contributed by atoms with Gasteiger partial charge in [-0.3, -0.25) is 4.79 Å². The fraction of sp³-hybridized carbons (Fsp3) is 0.562. The molecule has 1 fully saturated rings. The second-order valence-corrected chi connectivity index (χ2v) is 6.84. The van der Waals surface area contributed by atoms with E-state index in [9.17, 15) is 4.79 Å². The first-order valence-corrected chi connectivity index (χ1v) is 7.81. The van der Waals surface area contributed by atoms with Crippen molar-refractivity contribution < 1.29 is 4.79 Å². The molecule has 1 aromatic carbocycles. The molecule has 0 heterocycles. The minimum Gasteiger partial charge on any atom is -0.298 e. The molecule has 1 aromatic rings. The van der Waals surface area contributed by atoms with Crippen molar-refractivity contribution in [3.63, 3.8) is 0 Å². The third-order valence-electron chi connectivity index (χ3n) is 3.34. The van der Waals surface area contributed by atoms with Crippen molar-refractivity contribution in [2.75, 3.05) is 0 Å². The van der Waals surface area contributed by atoms with Crippen LogP contribution in [0.15, 0.2) is 29.2 Å². The van der Waals surface area contributed by atoms with Gasteiger partial charge in [-0.05, 0) is 42.9 Å². The maximum Gasteiger partial charge on any atom is 0.146 e. The summed E-state index contributed by atoms with van der Waals surface area (Å²) in [6, 6.07) is 8.75. The van der Waals surface area contributed by atoms with E-state index in [2.05, 4.69) is 38.1 Å². The van der Waals surface area contributed by atoms with Crippen LogP contribution in [0.1, 0.15) is 45.1 Å². The minimum absolute atomic E-state index is 0.203. The van der Waals surface area contributed by atoms with Crippen LogP contribution in [0.5, 0.6) is 0 Å². The Hall–Kier alpha value is -0.760. The number of ketones is 1. The third kappa shape index (κ3) is 3.88. The zero-order valence-corrected chi connectivity index (χ0v) is 12.1. The van der Waals surface area contributed by atoms with Gasteiger partial charge in [-0.1, -0.05) is 32.4 Å². The number of benzene rings is 1. The lowest BCUT2D eigenvalue weighted by molar-refractivity contribution is -0.119. The molecule has 0 aliphatic heterocycles. The van der Waals surface area contributed by atoms with Gasteiger partial charge in [0.15, 0.2) is 0 Å². The van der Waals surface area contributed by atoms with Crippen molar-refractivity contribution in [1.29, 1.82) is 0 Å². The number of rotatable bonds is 4. The SMILES string of the molecule is CC(C)Cc1ccc(SC2CCCCC2=O)cc1. The minimum atomic E-state index is 0.203. The van der Waals surface area contributed by atoms with Gasteiger partial charge >= 0.3 is 0 Å². The summed E-state index contributed by atoms with van der Waals surface area (Å²) in [4.78, 5) is 13.0. The second-order valence-electron chi connectivity index (χ2n) is 5.56. The van der Waals surface area contributed by atoms with E-state index in [1.54, 1.807) is 11.8 Å². The Morgan fingerprint density at radius 1 is 1.22 bits per heavy atom. The van der Waals surface area contributed by atoms with Gasteiger partial charge in [0.05, 0.1) is 5.25 Å². The van der Waals surface area contributed by atoms with E-state index in [1.165, 1.54) is 16.9 Å². The molecule has 18 heavy (non-hydrogen) atoms. The fourth-order valence-corrected chi connectivity index (χ4v) is 3.57. The second kappa shape index (κ2) is 6.42. The molecule has 2 rings (SSSR count). The summed E-state index contributed by atoms with van der Waals surface area (Å²) in [5.74, 6) is 1.14. The molecule has 98 valence electrons. The molecule has 0 saturated heterocycles. The predicted molar refractivity (Wildman–Crippen MR) is 78.1 cm³/mol. The van der Waals surface area contributed by atoms with E-state index in [1.807, 2.05) is 0 Å². The number of hydrogen-bond acceptors (Lipinski definition) is 2. The highest BCUT2D eigenvalue weighted by atomic mass is 32.2. The van der Waals surface area contributed by atoms with E-state index in [-0.39, 0.29) is 5.25 Å². The average molecular weight is 262 g/mol. The number of thioether (sulfide) groups is 1. The molecule has 1 atom stereocenters. The molecule has 0 bridgehead atoms. The summed E-state index contributed by atoms with van der Waals surface area (Å²) in [6.45, 7) is 4.48. The molecule has 1 saturated carbocycles. The largest absolute Gasteiger partial charge is 0.298 e. The zero-order valence-electron chi connectivity index (χ0n) is 11.3. The Morgan fingerprint density at radius 3 is 2.56 bits per heavy atom. The first-order valence-electron chi connectivity index (χ1n) is 6.93. The molecular weight excluding hydrogens is 240 g/mol. The van der Waals surface area contributed by atoms with Gasteiger partial charge < -0.3 is 0 Å². The Bertz CT molecular complexity index is 394. The Balaban J connectivity index is 1.95. The lowest BCUT2D eigenvalue weighted by Gasteiger charge is -2.19. The Morgan fingerprint density at radius 2 is 1.94 bits per heavy atom. The van der Waals surface area contributed by atoms with Gasteiger partial charge in [0.25, 0.3) is 0 Å². The predicted octanol–water partition coefficient (Wildman–Crippen LogP) is 4.49. The highest BCUT2D eigenvalue weighted by molar-refractivity contribution is 8.00. The smallest absolute Gasteiger partial charge is 0.146 e. The summed E-state index contributed by atoms with van der Waals surface area (Å²) in [5, 5.41) is 0.203. The number of hydrogen-bond donors (Lipinski definition) is 0. The first-order chi connectivity index (χ1) is 8.65. The van der Waals surface area contributed by atoms with Crippen molar-refractivity contribution in [3.8, 4) is 0 Å². The van der Waals surface area contributed by atoms with Crippen LogP contribution >= 0.6 is 11.8 Å². The summed E-state index contributed by atoms with van der Waals surface area (Å²) < 4.78 is 0. The number of carbonyl (C=O) groups is 1. The van der Waals surface area contributed by atoms with E-state index < -0.39 is 0 Å². The highest BCUT2D eigenvalue weighted by Crippen LogP contribution is 2.31. The van der Waals surface area contributed by atoms with Crippen LogP contribution in [0, 0.1) is 5.92 Å². The topological polar surface area (TPSA) is 17.1 Å². The monoisotopic (exact) mass is 262 g/mol. The van der Waals surface area contributed by atoms with E-state index in [0.29, 0.717) is 11.7 Å². The highest BCUT2D eigenvalue weighted by Gasteiger charge is 2.22. The molecule has 1 unspecified atom stereocenters. The van der Waals surface area contributed by atoms with Gasteiger partial charge in [-0.25, -0.2) is 0 Å². The lowest BCUT2D eigenvalue weighted by Crippen LogP contribution is -2.21. The molecule has 0 N–H and O–H groups in total. The van der Waals surface area contributed by atoms with Gasteiger partial charge in [-0.15, -0.1) is 11.8 Å². The zero-order chi connectivity index (χ0) is 13.0. The number of Topliss-reactive ketones (excluding diaryl/α,β-unsaturated/α-hetero) is 1. The van der Waals surface area contributed by atoms with Crippen LogP contribution in [0.2, 0.25) is 0 Å². The quantitative estimate of drug-likeness (QED) is 0.795. The van der Waals surface area contributed by atoms with Crippen molar-refractivity contribution in [1.82, 2.24) is 0 Å². The van der Waals surface area contributed by atoms with Crippen LogP contribution in [-0.2, 0) is 11.2 Å². The lowest BCUT2D eigenvalue weighted by atomic mass is 9.99. The molecule has 1 nitrogen and oxygen atoms in total. The molecule has 0 aromatic heterocycles. The standard InChI is InChI=1S/C16H22OS/c1-12(2)11-13-7-9-14(10-8-13)18-16-6-4-3-5-15(16)17/h7-10,12,16H,3-6,11H2,1-2H3.